The van der Waals surface area contributed by atoms with Gasteiger partial charge in [-0.15, -0.1) is 11.3 Å². The molecule has 2 aromatic rings. The van der Waals surface area contributed by atoms with Gasteiger partial charge >= 0.3 is 0 Å². The average Bonchev–Trinajstić information content (AvgIpc) is 2.71. The van der Waals surface area contributed by atoms with Gasteiger partial charge in [0, 0.05) is 12.6 Å². The molecule has 1 aromatic carbocycles. The van der Waals surface area contributed by atoms with Crippen molar-refractivity contribution in [1.82, 2.24) is 4.98 Å². The highest BCUT2D eigenvalue weighted by atomic mass is 32.2. The van der Waals surface area contributed by atoms with Crippen LogP contribution in [0.2, 0.25) is 0 Å². The molecule has 0 radical (unpaired) electrons. The zero-order chi connectivity index (χ0) is 15.6. The first-order valence-electron chi connectivity index (χ1n) is 6.06. The van der Waals surface area contributed by atoms with Gasteiger partial charge < -0.3 is 5.32 Å². The largest absolute Gasteiger partial charge is 0.379 e. The maximum atomic E-state index is 11.1. The number of hydrogen-bond acceptors (Lipinski definition) is 7. The second kappa shape index (κ2) is 5.92. The molecule has 3 N–H and O–H groups in total. The van der Waals surface area contributed by atoms with Gasteiger partial charge in [0.1, 0.15) is 5.69 Å². The minimum atomic E-state index is -3.52. The molecule has 0 aliphatic carbocycles. The highest BCUT2D eigenvalue weighted by Crippen LogP contribution is 2.32. The molecule has 0 saturated carbocycles. The standard InChI is InChI=1S/C11H14N4O4S2/c1-7-14-9-5-8(13-3-2-4-21(12,18)19)10(15(16)17)6-11(9)20-7/h5-6,13H,2-4H2,1H3,(H2,12,18,19). The molecule has 1 aromatic heterocycles. The van der Waals surface area contributed by atoms with Crippen molar-refractivity contribution in [1.29, 1.82) is 0 Å². The van der Waals surface area contributed by atoms with Crippen LogP contribution < -0.4 is 10.5 Å². The summed E-state index contributed by atoms with van der Waals surface area (Å²) in [6.45, 7) is 2.10. The fourth-order valence-corrected chi connectivity index (χ4v) is 3.26. The lowest BCUT2D eigenvalue weighted by Gasteiger charge is -2.06. The van der Waals surface area contributed by atoms with Crippen molar-refractivity contribution >= 4 is 43.0 Å². The van der Waals surface area contributed by atoms with Crippen LogP contribution in [-0.2, 0) is 10.0 Å². The first-order chi connectivity index (χ1) is 9.76. The molecule has 21 heavy (non-hydrogen) atoms. The number of nitro groups is 1. The van der Waals surface area contributed by atoms with Gasteiger partial charge in [-0.2, -0.15) is 0 Å². The van der Waals surface area contributed by atoms with Crippen LogP contribution in [0.1, 0.15) is 11.4 Å². The molecule has 1 heterocycles. The minimum absolute atomic E-state index is 0.0539. The van der Waals surface area contributed by atoms with Gasteiger partial charge in [0.2, 0.25) is 10.0 Å². The topological polar surface area (TPSA) is 128 Å². The number of aryl methyl sites for hydroxylation is 1. The van der Waals surface area contributed by atoms with Crippen LogP contribution in [0.5, 0.6) is 0 Å². The van der Waals surface area contributed by atoms with E-state index < -0.39 is 14.9 Å². The molecule has 8 nitrogen and oxygen atoms in total. The lowest BCUT2D eigenvalue weighted by molar-refractivity contribution is -0.383. The van der Waals surface area contributed by atoms with Crippen molar-refractivity contribution in [2.24, 2.45) is 5.14 Å². The summed E-state index contributed by atoms with van der Waals surface area (Å²) in [6.07, 6.45) is 0.268. The van der Waals surface area contributed by atoms with E-state index in [-0.39, 0.29) is 24.4 Å². The third kappa shape index (κ3) is 4.09. The average molecular weight is 330 g/mol. The van der Waals surface area contributed by atoms with E-state index in [0.717, 1.165) is 9.71 Å². The Hall–Kier alpha value is -1.78. The summed E-state index contributed by atoms with van der Waals surface area (Å²) in [5.41, 5.74) is 0.950. The van der Waals surface area contributed by atoms with E-state index in [1.54, 1.807) is 6.07 Å². The second-order valence-electron chi connectivity index (χ2n) is 4.47. The molecule has 0 aliphatic heterocycles. The molecule has 10 heteroatoms. The number of nitrogens with one attached hydrogen (secondary N) is 1. The molecule has 0 bridgehead atoms. The van der Waals surface area contributed by atoms with Crippen molar-refractivity contribution in [3.63, 3.8) is 0 Å². The van der Waals surface area contributed by atoms with Gasteiger partial charge in [-0.25, -0.2) is 18.5 Å². The summed E-state index contributed by atoms with van der Waals surface area (Å²) in [5, 5.41) is 19.7. The molecule has 0 saturated heterocycles. The highest BCUT2D eigenvalue weighted by molar-refractivity contribution is 7.89. The molecule has 0 aliphatic rings. The quantitative estimate of drug-likeness (QED) is 0.470. The predicted molar refractivity (Wildman–Crippen MR) is 82.1 cm³/mol. The van der Waals surface area contributed by atoms with Crippen LogP contribution in [0.15, 0.2) is 12.1 Å². The van der Waals surface area contributed by atoms with Gasteiger partial charge in [-0.05, 0) is 19.4 Å². The number of aromatic nitrogens is 1. The number of rotatable bonds is 6. The third-order valence-corrected chi connectivity index (χ3v) is 4.52. The van der Waals surface area contributed by atoms with Crippen molar-refractivity contribution in [3.8, 4) is 0 Å². The minimum Gasteiger partial charge on any atom is -0.379 e. The molecule has 0 amide bonds. The van der Waals surface area contributed by atoms with Crippen molar-refractivity contribution in [2.75, 3.05) is 17.6 Å². The first-order valence-corrected chi connectivity index (χ1v) is 8.59. The Kier molecular flexibility index (Phi) is 4.40. The number of sulfonamides is 1. The summed E-state index contributed by atoms with van der Waals surface area (Å²) in [7, 11) is -3.52. The highest BCUT2D eigenvalue weighted by Gasteiger charge is 2.17. The number of benzene rings is 1. The number of nitrogens with two attached hydrogens (primary N) is 1. The van der Waals surface area contributed by atoms with E-state index in [1.165, 1.54) is 17.4 Å². The van der Waals surface area contributed by atoms with Crippen molar-refractivity contribution in [2.45, 2.75) is 13.3 Å². The summed E-state index contributed by atoms with van der Waals surface area (Å²) in [6, 6.07) is 3.08. The fraction of sp³-hybridized carbons (Fsp3) is 0.364. The van der Waals surface area contributed by atoms with Gasteiger partial charge in [-0.1, -0.05) is 0 Å². The van der Waals surface area contributed by atoms with Crippen LogP contribution >= 0.6 is 11.3 Å². The van der Waals surface area contributed by atoms with Gasteiger partial charge in [-0.3, -0.25) is 10.1 Å². The smallest absolute Gasteiger partial charge is 0.293 e. The SMILES string of the molecule is Cc1nc2cc(NCCCS(N)(=O)=O)c([N+](=O)[O-])cc2s1. The van der Waals surface area contributed by atoms with Crippen molar-refractivity contribution < 1.29 is 13.3 Å². The Morgan fingerprint density at radius 3 is 2.81 bits per heavy atom. The van der Waals surface area contributed by atoms with Crippen LogP contribution in [-0.4, -0.2) is 30.6 Å². The number of primary sulfonamides is 1. The Labute approximate surface area is 125 Å². The fourth-order valence-electron chi connectivity index (χ4n) is 1.87. The van der Waals surface area contributed by atoms with E-state index in [9.17, 15) is 18.5 Å². The zero-order valence-electron chi connectivity index (χ0n) is 11.2. The number of fused-ring (bicyclic) bond motifs is 1. The summed E-state index contributed by atoms with van der Waals surface area (Å²) >= 11 is 1.38. The van der Waals surface area contributed by atoms with Gasteiger partial charge in [0.25, 0.3) is 5.69 Å². The van der Waals surface area contributed by atoms with Crippen LogP contribution in [0.3, 0.4) is 0 Å². The molecule has 0 fully saturated rings. The van der Waals surface area contributed by atoms with Crippen LogP contribution in [0.4, 0.5) is 11.4 Å². The van der Waals surface area contributed by atoms with Crippen LogP contribution in [0.25, 0.3) is 10.2 Å². The number of anilines is 1. The van der Waals surface area contributed by atoms with E-state index >= 15 is 0 Å². The zero-order valence-corrected chi connectivity index (χ0v) is 12.8. The molecule has 114 valence electrons. The lowest BCUT2D eigenvalue weighted by Crippen LogP contribution is -2.18. The summed E-state index contributed by atoms with van der Waals surface area (Å²) in [4.78, 5) is 14.9. The van der Waals surface area contributed by atoms with Gasteiger partial charge in [0.05, 0.1) is 25.9 Å². The van der Waals surface area contributed by atoms with Crippen LogP contribution in [0, 0.1) is 17.0 Å². The molecular weight excluding hydrogens is 316 g/mol. The Morgan fingerprint density at radius 2 is 2.19 bits per heavy atom. The normalized spacial score (nSPS) is 11.7. The third-order valence-electron chi connectivity index (χ3n) is 2.73. The summed E-state index contributed by atoms with van der Waals surface area (Å²) < 4.78 is 22.4. The lowest BCUT2D eigenvalue weighted by atomic mass is 10.2. The van der Waals surface area contributed by atoms with E-state index in [2.05, 4.69) is 10.3 Å². The van der Waals surface area contributed by atoms with Crippen molar-refractivity contribution in [3.05, 3.63) is 27.3 Å². The number of hydrogen-bond donors (Lipinski definition) is 2. The summed E-state index contributed by atoms with van der Waals surface area (Å²) in [5.74, 6) is -0.175. The number of thiazole rings is 1. The second-order valence-corrected chi connectivity index (χ2v) is 7.44. The molecular formula is C11H14N4O4S2. The van der Waals surface area contributed by atoms with E-state index in [4.69, 9.17) is 5.14 Å². The van der Waals surface area contributed by atoms with E-state index in [0.29, 0.717) is 11.2 Å². The molecule has 0 spiro atoms. The maximum Gasteiger partial charge on any atom is 0.293 e. The molecule has 0 unspecified atom stereocenters. The Morgan fingerprint density at radius 1 is 1.48 bits per heavy atom. The number of nitro benzene ring substituents is 1. The molecule has 0 atom stereocenters. The van der Waals surface area contributed by atoms with E-state index in [1.807, 2.05) is 6.92 Å². The predicted octanol–water partition coefficient (Wildman–Crippen LogP) is 1.60. The Balaban J connectivity index is 2.20. The first kappa shape index (κ1) is 15.6. The Bertz CT molecular complexity index is 785. The molecule has 2 rings (SSSR count). The number of nitrogens with zero attached hydrogens (tertiary/aromatic N) is 2. The monoisotopic (exact) mass is 330 g/mol. The van der Waals surface area contributed by atoms with Gasteiger partial charge in [0.15, 0.2) is 0 Å². The maximum absolute atomic E-state index is 11.1.